The highest BCUT2D eigenvalue weighted by Gasteiger charge is 2.22. The fourth-order valence-electron chi connectivity index (χ4n) is 2.42. The maximum absolute atomic E-state index is 12.3. The largest absolute Gasteiger partial charge is 0.354 e. The van der Waals surface area contributed by atoms with Crippen molar-refractivity contribution in [2.75, 3.05) is 45.2 Å². The Kier molecular flexibility index (Phi) is 5.96. The van der Waals surface area contributed by atoms with Crippen molar-refractivity contribution >= 4 is 16.0 Å². The van der Waals surface area contributed by atoms with E-state index < -0.39 is 10.2 Å². The second kappa shape index (κ2) is 7.57. The zero-order valence-corrected chi connectivity index (χ0v) is 15.2. The summed E-state index contributed by atoms with van der Waals surface area (Å²) in [6, 6.07) is 3.69. The molecule has 1 aromatic heterocycles. The Morgan fingerprint density at radius 1 is 1.30 bits per heavy atom. The highest BCUT2D eigenvalue weighted by atomic mass is 32.2. The number of nitrogens with one attached hydrogen (secondary N) is 1. The maximum Gasteiger partial charge on any atom is 0.279 e. The molecule has 0 atom stereocenters. The van der Waals surface area contributed by atoms with Gasteiger partial charge in [0.15, 0.2) is 0 Å². The first-order valence-electron chi connectivity index (χ1n) is 7.91. The lowest BCUT2D eigenvalue weighted by Crippen LogP contribution is -2.45. The molecule has 0 saturated carbocycles. The molecule has 0 bridgehead atoms. The van der Waals surface area contributed by atoms with Crippen LogP contribution in [0.3, 0.4) is 0 Å². The molecule has 1 N–H and O–H groups in total. The van der Waals surface area contributed by atoms with Crippen LogP contribution in [0.5, 0.6) is 0 Å². The van der Waals surface area contributed by atoms with Gasteiger partial charge in [-0.15, -0.1) is 0 Å². The summed E-state index contributed by atoms with van der Waals surface area (Å²) in [7, 11) is 0.200. The van der Waals surface area contributed by atoms with E-state index >= 15 is 0 Å². The van der Waals surface area contributed by atoms with Gasteiger partial charge >= 0.3 is 0 Å². The molecule has 1 aliphatic rings. The van der Waals surface area contributed by atoms with Crippen LogP contribution in [0.15, 0.2) is 18.3 Å². The number of aromatic nitrogens is 1. The predicted molar refractivity (Wildman–Crippen MR) is 92.6 cm³/mol. The smallest absolute Gasteiger partial charge is 0.279 e. The van der Waals surface area contributed by atoms with Crippen LogP contribution >= 0.6 is 0 Å². The number of likely N-dealkylation sites (N-methyl/N-ethyl adjacent to an activating group) is 1. The van der Waals surface area contributed by atoms with Gasteiger partial charge in [0.05, 0.1) is 0 Å². The lowest BCUT2D eigenvalue weighted by Gasteiger charge is -2.34. The van der Waals surface area contributed by atoms with Gasteiger partial charge in [-0.05, 0) is 27.0 Å². The summed E-state index contributed by atoms with van der Waals surface area (Å²) in [5.74, 6) is 0.871. The Labute approximate surface area is 139 Å². The molecule has 8 heteroatoms. The van der Waals surface area contributed by atoms with Crippen molar-refractivity contribution in [2.45, 2.75) is 26.4 Å². The van der Waals surface area contributed by atoms with Gasteiger partial charge in [-0.25, -0.2) is 4.98 Å². The highest BCUT2D eigenvalue weighted by molar-refractivity contribution is 7.87. The monoisotopic (exact) mass is 341 g/mol. The third kappa shape index (κ3) is 4.63. The van der Waals surface area contributed by atoms with Crippen molar-refractivity contribution in [1.82, 2.24) is 18.9 Å². The Hall–Kier alpha value is -1.22. The van der Waals surface area contributed by atoms with Crippen molar-refractivity contribution < 1.29 is 8.42 Å². The minimum absolute atomic E-state index is 0.0847. The van der Waals surface area contributed by atoms with Crippen molar-refractivity contribution in [3.8, 4) is 0 Å². The first-order chi connectivity index (χ1) is 10.8. The fraction of sp³-hybridized carbons (Fsp3) is 0.667. The van der Waals surface area contributed by atoms with Crippen LogP contribution < -0.4 is 9.62 Å². The average molecular weight is 341 g/mol. The number of hydrogen-bond acceptors (Lipinski definition) is 5. The van der Waals surface area contributed by atoms with E-state index in [-0.39, 0.29) is 12.6 Å². The molecule has 1 aromatic rings. The van der Waals surface area contributed by atoms with Crippen molar-refractivity contribution in [3.05, 3.63) is 23.9 Å². The van der Waals surface area contributed by atoms with E-state index in [1.165, 1.54) is 4.31 Å². The van der Waals surface area contributed by atoms with Crippen molar-refractivity contribution in [1.29, 1.82) is 0 Å². The van der Waals surface area contributed by atoms with E-state index in [1.807, 2.05) is 26.0 Å². The Morgan fingerprint density at radius 2 is 1.96 bits per heavy atom. The molecule has 7 nitrogen and oxygen atoms in total. The number of pyridine rings is 1. The van der Waals surface area contributed by atoms with E-state index in [4.69, 9.17) is 0 Å². The fourth-order valence-corrected chi connectivity index (χ4v) is 3.52. The van der Waals surface area contributed by atoms with Crippen LogP contribution in [0.2, 0.25) is 0 Å². The summed E-state index contributed by atoms with van der Waals surface area (Å²) >= 11 is 0. The minimum atomic E-state index is -3.49. The lowest BCUT2D eigenvalue weighted by molar-refractivity contribution is 0.312. The molecule has 0 unspecified atom stereocenters. The normalized spacial score (nSPS) is 17.2. The molecule has 23 heavy (non-hydrogen) atoms. The summed E-state index contributed by atoms with van der Waals surface area (Å²) in [5, 5.41) is 0. The quantitative estimate of drug-likeness (QED) is 0.816. The van der Waals surface area contributed by atoms with Gasteiger partial charge in [0, 0.05) is 57.6 Å². The molecule has 1 fully saturated rings. The lowest BCUT2D eigenvalue weighted by atomic mass is 10.2. The van der Waals surface area contributed by atoms with Crippen LogP contribution in [0, 0.1) is 0 Å². The standard InChI is InChI=1S/C15H27N5O2S/c1-13(2)19(4)23(21,22)17-12-14-6-5-7-16-15(14)20-10-8-18(3)9-11-20/h5-7,13,17H,8-12H2,1-4H3. The average Bonchev–Trinajstić information content (AvgIpc) is 2.53. The zero-order valence-electron chi connectivity index (χ0n) is 14.4. The molecule has 0 amide bonds. The third-order valence-electron chi connectivity index (χ3n) is 4.22. The van der Waals surface area contributed by atoms with E-state index in [1.54, 1.807) is 13.2 Å². The molecule has 1 saturated heterocycles. The van der Waals surface area contributed by atoms with Crippen molar-refractivity contribution in [3.63, 3.8) is 0 Å². The molecule has 0 spiro atoms. The second-order valence-electron chi connectivity index (χ2n) is 6.21. The van der Waals surface area contributed by atoms with Crippen LogP contribution in [0.1, 0.15) is 19.4 Å². The third-order valence-corrected chi connectivity index (χ3v) is 5.91. The first kappa shape index (κ1) is 18.1. The van der Waals surface area contributed by atoms with Crippen LogP contribution in [-0.4, -0.2) is 68.9 Å². The summed E-state index contributed by atoms with van der Waals surface area (Å²) < 4.78 is 28.5. The summed E-state index contributed by atoms with van der Waals surface area (Å²) in [5.41, 5.74) is 0.901. The maximum atomic E-state index is 12.3. The number of nitrogens with zero attached hydrogens (tertiary/aromatic N) is 4. The molecule has 130 valence electrons. The van der Waals surface area contributed by atoms with Crippen molar-refractivity contribution in [2.24, 2.45) is 0 Å². The van der Waals surface area contributed by atoms with Gasteiger partial charge < -0.3 is 9.80 Å². The number of piperazine rings is 1. The Bertz CT molecular complexity index is 612. The summed E-state index contributed by atoms with van der Waals surface area (Å²) in [6.45, 7) is 7.71. The SMILES string of the molecule is CC(C)N(C)S(=O)(=O)NCc1cccnc1N1CCN(C)CC1. The number of hydrogen-bond donors (Lipinski definition) is 1. The molecule has 0 aromatic carbocycles. The van der Waals surface area contributed by atoms with Crippen LogP contribution in [0.25, 0.3) is 0 Å². The molecule has 2 rings (SSSR count). The Balaban J connectivity index is 2.09. The number of rotatable bonds is 6. The van der Waals surface area contributed by atoms with E-state index in [2.05, 4.69) is 26.6 Å². The molecule has 0 radical (unpaired) electrons. The van der Waals surface area contributed by atoms with E-state index in [9.17, 15) is 8.42 Å². The van der Waals surface area contributed by atoms with Gasteiger partial charge in [-0.3, -0.25) is 0 Å². The van der Waals surface area contributed by atoms with Gasteiger partial charge in [0.2, 0.25) is 0 Å². The summed E-state index contributed by atoms with van der Waals surface area (Å²) in [4.78, 5) is 8.96. The molecule has 1 aliphatic heterocycles. The van der Waals surface area contributed by atoms with Gasteiger partial charge in [0.25, 0.3) is 10.2 Å². The van der Waals surface area contributed by atoms with E-state index in [0.29, 0.717) is 0 Å². The van der Waals surface area contributed by atoms with Gasteiger partial charge in [-0.2, -0.15) is 17.4 Å². The predicted octanol–water partition coefficient (Wildman–Crippen LogP) is 0.508. The van der Waals surface area contributed by atoms with Crippen LogP contribution in [0.4, 0.5) is 5.82 Å². The summed E-state index contributed by atoms with van der Waals surface area (Å²) in [6.07, 6.45) is 1.76. The van der Waals surface area contributed by atoms with Crippen LogP contribution in [-0.2, 0) is 16.8 Å². The topological polar surface area (TPSA) is 68.8 Å². The van der Waals surface area contributed by atoms with E-state index in [0.717, 1.165) is 37.6 Å². The van der Waals surface area contributed by atoms with Gasteiger partial charge in [-0.1, -0.05) is 6.07 Å². The molecule has 2 heterocycles. The Morgan fingerprint density at radius 3 is 2.57 bits per heavy atom. The zero-order chi connectivity index (χ0) is 17.0. The first-order valence-corrected chi connectivity index (χ1v) is 9.35. The minimum Gasteiger partial charge on any atom is -0.354 e. The highest BCUT2D eigenvalue weighted by Crippen LogP contribution is 2.19. The number of anilines is 1. The van der Waals surface area contributed by atoms with Gasteiger partial charge in [0.1, 0.15) is 5.82 Å². The molecule has 0 aliphatic carbocycles. The molecular weight excluding hydrogens is 314 g/mol. The molecular formula is C15H27N5O2S. The second-order valence-corrected chi connectivity index (χ2v) is 8.03.